The van der Waals surface area contributed by atoms with E-state index in [2.05, 4.69) is 10.1 Å². The van der Waals surface area contributed by atoms with Gasteiger partial charge in [0, 0.05) is 5.56 Å². The van der Waals surface area contributed by atoms with E-state index in [4.69, 9.17) is 0 Å². The Morgan fingerprint density at radius 1 is 1.19 bits per heavy atom. The van der Waals surface area contributed by atoms with Gasteiger partial charge in [-0.15, -0.1) is 0 Å². The molecule has 5 nitrogen and oxygen atoms in total. The summed E-state index contributed by atoms with van der Waals surface area (Å²) in [6.07, 6.45) is 0. The molecule has 0 unspecified atom stereocenters. The molecule has 0 aliphatic rings. The average Bonchev–Trinajstić information content (AvgIpc) is 2.28. The van der Waals surface area contributed by atoms with E-state index in [9.17, 15) is 14.4 Å². The van der Waals surface area contributed by atoms with Crippen LogP contribution in [0.3, 0.4) is 0 Å². The highest BCUT2D eigenvalue weighted by Crippen LogP contribution is 2.15. The SMILES string of the molecule is COC(=O)C(=O)Nc1ccccc1C(C)=O. The molecule has 0 aliphatic heterocycles. The Bertz CT molecular complexity index is 439. The van der Waals surface area contributed by atoms with Crippen molar-refractivity contribution in [2.24, 2.45) is 0 Å². The lowest BCUT2D eigenvalue weighted by Crippen LogP contribution is -2.24. The number of methoxy groups -OCH3 is 1. The number of esters is 1. The first-order valence-electron chi connectivity index (χ1n) is 4.55. The highest BCUT2D eigenvalue weighted by atomic mass is 16.5. The van der Waals surface area contributed by atoms with Gasteiger partial charge in [0.05, 0.1) is 12.8 Å². The van der Waals surface area contributed by atoms with E-state index in [0.29, 0.717) is 11.3 Å². The molecule has 0 spiro atoms. The van der Waals surface area contributed by atoms with Gasteiger partial charge in [-0.25, -0.2) is 4.79 Å². The lowest BCUT2D eigenvalue weighted by atomic mass is 10.1. The van der Waals surface area contributed by atoms with Gasteiger partial charge in [-0.05, 0) is 19.1 Å². The summed E-state index contributed by atoms with van der Waals surface area (Å²) >= 11 is 0. The Hall–Kier alpha value is -2.17. The molecule has 0 aromatic heterocycles. The molecule has 1 amide bonds. The molecule has 1 aromatic rings. The number of para-hydroxylation sites is 1. The maximum Gasteiger partial charge on any atom is 0.396 e. The molecule has 0 fully saturated rings. The van der Waals surface area contributed by atoms with Crippen LogP contribution in [-0.2, 0) is 14.3 Å². The van der Waals surface area contributed by atoms with Crippen molar-refractivity contribution in [1.82, 2.24) is 0 Å². The molecule has 0 bridgehead atoms. The molecule has 5 heteroatoms. The van der Waals surface area contributed by atoms with Crippen LogP contribution in [0.2, 0.25) is 0 Å². The van der Waals surface area contributed by atoms with Crippen LogP contribution < -0.4 is 5.32 Å². The third-order valence-electron chi connectivity index (χ3n) is 1.93. The van der Waals surface area contributed by atoms with Gasteiger partial charge in [-0.1, -0.05) is 12.1 Å². The standard InChI is InChI=1S/C11H11NO4/c1-7(13)8-5-3-4-6-9(8)12-10(14)11(15)16-2/h3-6H,1-2H3,(H,12,14). The van der Waals surface area contributed by atoms with Crippen LogP contribution in [0.5, 0.6) is 0 Å². The van der Waals surface area contributed by atoms with Gasteiger partial charge >= 0.3 is 11.9 Å². The van der Waals surface area contributed by atoms with Crippen molar-refractivity contribution in [2.45, 2.75) is 6.92 Å². The second-order valence-corrected chi connectivity index (χ2v) is 3.05. The lowest BCUT2D eigenvalue weighted by molar-refractivity contribution is -0.150. The fraction of sp³-hybridized carbons (Fsp3) is 0.182. The van der Waals surface area contributed by atoms with E-state index >= 15 is 0 Å². The molecule has 16 heavy (non-hydrogen) atoms. The number of rotatable bonds is 2. The Labute approximate surface area is 92.4 Å². The maximum atomic E-state index is 11.2. The number of benzene rings is 1. The number of hydrogen-bond donors (Lipinski definition) is 1. The van der Waals surface area contributed by atoms with Crippen LogP contribution in [-0.4, -0.2) is 24.8 Å². The van der Waals surface area contributed by atoms with Crippen molar-refractivity contribution < 1.29 is 19.1 Å². The minimum absolute atomic E-state index is 0.194. The Morgan fingerprint density at radius 3 is 2.38 bits per heavy atom. The van der Waals surface area contributed by atoms with Crippen LogP contribution in [0.25, 0.3) is 0 Å². The van der Waals surface area contributed by atoms with E-state index in [-0.39, 0.29) is 5.78 Å². The van der Waals surface area contributed by atoms with Crippen molar-refractivity contribution in [3.8, 4) is 0 Å². The van der Waals surface area contributed by atoms with E-state index in [1.165, 1.54) is 13.0 Å². The Kier molecular flexibility index (Phi) is 3.77. The van der Waals surface area contributed by atoms with Gasteiger partial charge in [-0.2, -0.15) is 0 Å². The van der Waals surface area contributed by atoms with Gasteiger partial charge in [0.15, 0.2) is 5.78 Å². The number of hydrogen-bond acceptors (Lipinski definition) is 4. The summed E-state index contributed by atoms with van der Waals surface area (Å²) in [6.45, 7) is 1.38. The number of ether oxygens (including phenoxy) is 1. The van der Waals surface area contributed by atoms with Crippen molar-refractivity contribution in [3.05, 3.63) is 29.8 Å². The molecule has 0 radical (unpaired) electrons. The zero-order valence-electron chi connectivity index (χ0n) is 8.94. The predicted octanol–water partition coefficient (Wildman–Crippen LogP) is 1.00. The van der Waals surface area contributed by atoms with Crippen molar-refractivity contribution in [3.63, 3.8) is 0 Å². The van der Waals surface area contributed by atoms with Crippen LogP contribution >= 0.6 is 0 Å². The Morgan fingerprint density at radius 2 is 1.81 bits per heavy atom. The number of ketones is 1. The highest BCUT2D eigenvalue weighted by molar-refractivity contribution is 6.37. The quantitative estimate of drug-likeness (QED) is 0.459. The zero-order chi connectivity index (χ0) is 12.1. The van der Waals surface area contributed by atoms with Gasteiger partial charge in [-0.3, -0.25) is 9.59 Å². The second kappa shape index (κ2) is 5.06. The molecule has 1 rings (SSSR count). The number of carbonyl (C=O) groups excluding carboxylic acids is 3. The fourth-order valence-electron chi connectivity index (χ4n) is 1.17. The predicted molar refractivity (Wildman–Crippen MR) is 57.1 cm³/mol. The van der Waals surface area contributed by atoms with Crippen LogP contribution in [0.1, 0.15) is 17.3 Å². The topological polar surface area (TPSA) is 72.5 Å². The summed E-state index contributed by atoms with van der Waals surface area (Å²) < 4.78 is 4.25. The van der Waals surface area contributed by atoms with E-state index in [1.54, 1.807) is 18.2 Å². The summed E-state index contributed by atoms with van der Waals surface area (Å²) in [5, 5.41) is 2.31. The monoisotopic (exact) mass is 221 g/mol. The number of Topliss-reactive ketones (excluding diaryl/α,β-unsaturated/α-hetero) is 1. The summed E-state index contributed by atoms with van der Waals surface area (Å²) in [7, 11) is 1.11. The number of nitrogens with one attached hydrogen (secondary N) is 1. The minimum Gasteiger partial charge on any atom is -0.462 e. The van der Waals surface area contributed by atoms with Crippen LogP contribution in [0.15, 0.2) is 24.3 Å². The second-order valence-electron chi connectivity index (χ2n) is 3.05. The van der Waals surface area contributed by atoms with Gasteiger partial charge in [0.25, 0.3) is 0 Å². The normalized spacial score (nSPS) is 9.38. The van der Waals surface area contributed by atoms with E-state index < -0.39 is 11.9 Å². The molecule has 0 aliphatic carbocycles. The molecule has 0 heterocycles. The average molecular weight is 221 g/mol. The molecule has 0 saturated heterocycles. The van der Waals surface area contributed by atoms with Crippen molar-refractivity contribution in [2.75, 3.05) is 12.4 Å². The van der Waals surface area contributed by atoms with Gasteiger partial charge in [0.2, 0.25) is 0 Å². The molecule has 84 valence electrons. The first-order valence-corrected chi connectivity index (χ1v) is 4.55. The number of anilines is 1. The van der Waals surface area contributed by atoms with Gasteiger partial charge in [0.1, 0.15) is 0 Å². The first-order chi connectivity index (χ1) is 7.56. The summed E-state index contributed by atoms with van der Waals surface area (Å²) in [4.78, 5) is 33.3. The molecular formula is C11H11NO4. The van der Waals surface area contributed by atoms with Crippen molar-refractivity contribution >= 4 is 23.3 Å². The van der Waals surface area contributed by atoms with Crippen molar-refractivity contribution in [1.29, 1.82) is 0 Å². The smallest absolute Gasteiger partial charge is 0.396 e. The van der Waals surface area contributed by atoms with E-state index in [0.717, 1.165) is 7.11 Å². The minimum atomic E-state index is -1.00. The molecule has 0 saturated carbocycles. The van der Waals surface area contributed by atoms with Gasteiger partial charge < -0.3 is 10.1 Å². The summed E-state index contributed by atoms with van der Waals surface area (Å²) in [5.41, 5.74) is 0.644. The first kappa shape index (κ1) is 11.9. The molecular weight excluding hydrogens is 210 g/mol. The number of carbonyl (C=O) groups is 3. The molecule has 1 N–H and O–H groups in total. The fourth-order valence-corrected chi connectivity index (χ4v) is 1.17. The third kappa shape index (κ3) is 2.66. The van der Waals surface area contributed by atoms with E-state index in [1.807, 2.05) is 0 Å². The highest BCUT2D eigenvalue weighted by Gasteiger charge is 2.16. The van der Waals surface area contributed by atoms with Crippen LogP contribution in [0.4, 0.5) is 5.69 Å². The number of amides is 1. The molecule has 1 aromatic carbocycles. The largest absolute Gasteiger partial charge is 0.462 e. The lowest BCUT2D eigenvalue weighted by Gasteiger charge is -2.07. The Balaban J connectivity index is 2.93. The van der Waals surface area contributed by atoms with Crippen LogP contribution in [0, 0.1) is 0 Å². The summed E-state index contributed by atoms with van der Waals surface area (Å²) in [5.74, 6) is -2.10. The maximum absolute atomic E-state index is 11.2. The summed E-state index contributed by atoms with van der Waals surface area (Å²) in [6, 6.07) is 6.43. The molecule has 0 atom stereocenters. The zero-order valence-corrected chi connectivity index (χ0v) is 8.94. The third-order valence-corrected chi connectivity index (χ3v) is 1.93.